The van der Waals surface area contributed by atoms with E-state index >= 15 is 0 Å². The van der Waals surface area contributed by atoms with Crippen LogP contribution in [0.15, 0.2) is 47.3 Å². The van der Waals surface area contributed by atoms with Crippen LogP contribution in [0.25, 0.3) is 11.6 Å². The molecule has 1 saturated heterocycles. The molecule has 1 aliphatic heterocycles. The van der Waals surface area contributed by atoms with Gasteiger partial charge in [-0.3, -0.25) is 9.88 Å². The van der Waals surface area contributed by atoms with Crippen LogP contribution in [-0.2, 0) is 6.54 Å². The standard InChI is InChI=1S/C21H25N5O/c1-15(2)17-7-5-16(6-8-17)13-26-11-3-4-18(14-26)20-24-25-21(27-20)19-12-22-9-10-23-19/h5-10,12,15,18H,3-4,11,13-14H2,1-2H3/t18-/m0/s1. The quantitative estimate of drug-likeness (QED) is 0.682. The molecule has 2 aromatic heterocycles. The van der Waals surface area contributed by atoms with Gasteiger partial charge in [-0.2, -0.15) is 0 Å². The van der Waals surface area contributed by atoms with Crippen molar-refractivity contribution in [2.75, 3.05) is 13.1 Å². The minimum atomic E-state index is 0.270. The zero-order valence-corrected chi connectivity index (χ0v) is 15.9. The molecule has 0 radical (unpaired) electrons. The largest absolute Gasteiger partial charge is 0.419 e. The molecule has 140 valence electrons. The second-order valence-electron chi connectivity index (χ2n) is 7.51. The molecule has 0 bridgehead atoms. The summed E-state index contributed by atoms with van der Waals surface area (Å²) in [6, 6.07) is 8.98. The normalized spacial score (nSPS) is 18.1. The number of nitrogens with zero attached hydrogens (tertiary/aromatic N) is 5. The molecule has 0 aliphatic carbocycles. The third-order valence-electron chi connectivity index (χ3n) is 5.13. The van der Waals surface area contributed by atoms with Crippen molar-refractivity contribution in [1.29, 1.82) is 0 Å². The number of hydrogen-bond donors (Lipinski definition) is 0. The summed E-state index contributed by atoms with van der Waals surface area (Å²) in [5.74, 6) is 1.99. The van der Waals surface area contributed by atoms with E-state index in [4.69, 9.17) is 4.42 Å². The highest BCUT2D eigenvalue weighted by atomic mass is 16.4. The fourth-order valence-electron chi connectivity index (χ4n) is 3.58. The van der Waals surface area contributed by atoms with Crippen molar-refractivity contribution in [1.82, 2.24) is 25.1 Å². The average Bonchev–Trinajstić information content (AvgIpc) is 3.20. The van der Waals surface area contributed by atoms with Gasteiger partial charge in [-0.1, -0.05) is 38.1 Å². The van der Waals surface area contributed by atoms with Crippen molar-refractivity contribution < 1.29 is 4.42 Å². The minimum absolute atomic E-state index is 0.270. The third kappa shape index (κ3) is 4.22. The molecule has 27 heavy (non-hydrogen) atoms. The van der Waals surface area contributed by atoms with Gasteiger partial charge in [0.2, 0.25) is 5.89 Å². The predicted octanol–water partition coefficient (Wildman–Crippen LogP) is 4.03. The first-order valence-electron chi connectivity index (χ1n) is 9.60. The average molecular weight is 363 g/mol. The Hall–Kier alpha value is -2.60. The van der Waals surface area contributed by atoms with Gasteiger partial charge in [-0.15, -0.1) is 10.2 Å². The molecule has 4 rings (SSSR count). The van der Waals surface area contributed by atoms with E-state index in [-0.39, 0.29) is 5.92 Å². The number of piperidine rings is 1. The minimum Gasteiger partial charge on any atom is -0.419 e. The lowest BCUT2D eigenvalue weighted by Crippen LogP contribution is -2.34. The molecule has 0 spiro atoms. The van der Waals surface area contributed by atoms with Crippen molar-refractivity contribution in [2.24, 2.45) is 0 Å². The van der Waals surface area contributed by atoms with Crippen LogP contribution in [0.5, 0.6) is 0 Å². The van der Waals surface area contributed by atoms with Crippen LogP contribution in [-0.4, -0.2) is 38.2 Å². The summed E-state index contributed by atoms with van der Waals surface area (Å²) < 4.78 is 5.90. The van der Waals surface area contributed by atoms with Gasteiger partial charge < -0.3 is 4.42 Å². The smallest absolute Gasteiger partial charge is 0.267 e. The van der Waals surface area contributed by atoms with Crippen LogP contribution in [0.3, 0.4) is 0 Å². The third-order valence-corrected chi connectivity index (χ3v) is 5.13. The summed E-state index contributed by atoms with van der Waals surface area (Å²) in [5, 5.41) is 8.44. The van der Waals surface area contributed by atoms with E-state index in [9.17, 15) is 0 Å². The fraction of sp³-hybridized carbons (Fsp3) is 0.429. The van der Waals surface area contributed by atoms with Crippen molar-refractivity contribution in [2.45, 2.75) is 45.1 Å². The molecular weight excluding hydrogens is 338 g/mol. The summed E-state index contributed by atoms with van der Waals surface area (Å²) in [7, 11) is 0. The Balaban J connectivity index is 1.41. The maximum Gasteiger partial charge on any atom is 0.267 e. The SMILES string of the molecule is CC(C)c1ccc(CN2CCC[C@H](c3nnc(-c4cnccn4)o3)C2)cc1. The molecule has 3 aromatic rings. The molecule has 1 aliphatic rings. The number of hydrogen-bond acceptors (Lipinski definition) is 6. The van der Waals surface area contributed by atoms with Gasteiger partial charge in [0.25, 0.3) is 5.89 Å². The maximum atomic E-state index is 5.90. The van der Waals surface area contributed by atoms with Crippen LogP contribution >= 0.6 is 0 Å². The van der Waals surface area contributed by atoms with E-state index in [0.29, 0.717) is 23.4 Å². The Labute approximate surface area is 159 Å². The summed E-state index contributed by atoms with van der Waals surface area (Å²) in [5.41, 5.74) is 3.36. The topological polar surface area (TPSA) is 67.9 Å². The monoisotopic (exact) mass is 363 g/mol. The lowest BCUT2D eigenvalue weighted by Gasteiger charge is -2.31. The summed E-state index contributed by atoms with van der Waals surface area (Å²) in [6.45, 7) is 7.45. The zero-order valence-electron chi connectivity index (χ0n) is 15.9. The first kappa shape index (κ1) is 17.8. The lowest BCUT2D eigenvalue weighted by molar-refractivity contribution is 0.186. The molecular formula is C21H25N5O. The van der Waals surface area contributed by atoms with Gasteiger partial charge in [0, 0.05) is 25.5 Å². The Kier molecular flexibility index (Phi) is 5.25. The highest BCUT2D eigenvalue weighted by molar-refractivity contribution is 5.43. The van der Waals surface area contributed by atoms with Gasteiger partial charge in [0.05, 0.1) is 12.1 Å². The van der Waals surface area contributed by atoms with E-state index in [0.717, 1.165) is 32.5 Å². The van der Waals surface area contributed by atoms with E-state index in [1.807, 2.05) is 0 Å². The highest BCUT2D eigenvalue weighted by Gasteiger charge is 2.26. The fourth-order valence-corrected chi connectivity index (χ4v) is 3.58. The Morgan fingerprint density at radius 2 is 2.00 bits per heavy atom. The molecule has 0 N–H and O–H groups in total. The molecule has 1 atom stereocenters. The molecule has 3 heterocycles. The van der Waals surface area contributed by atoms with Gasteiger partial charge in [0.1, 0.15) is 5.69 Å². The Morgan fingerprint density at radius 3 is 2.74 bits per heavy atom. The molecule has 0 saturated carbocycles. The first-order chi connectivity index (χ1) is 13.2. The van der Waals surface area contributed by atoms with Gasteiger partial charge in [0.15, 0.2) is 0 Å². The summed E-state index contributed by atoms with van der Waals surface area (Å²) in [6.07, 6.45) is 7.12. The van der Waals surface area contributed by atoms with E-state index in [1.165, 1.54) is 11.1 Å². The second-order valence-corrected chi connectivity index (χ2v) is 7.51. The number of aromatic nitrogens is 4. The van der Waals surface area contributed by atoms with Gasteiger partial charge >= 0.3 is 0 Å². The van der Waals surface area contributed by atoms with Crippen molar-refractivity contribution in [3.63, 3.8) is 0 Å². The van der Waals surface area contributed by atoms with E-state index in [1.54, 1.807) is 18.6 Å². The molecule has 0 unspecified atom stereocenters. The van der Waals surface area contributed by atoms with E-state index < -0.39 is 0 Å². The lowest BCUT2D eigenvalue weighted by atomic mass is 9.97. The van der Waals surface area contributed by atoms with Crippen molar-refractivity contribution in [3.8, 4) is 11.6 Å². The number of rotatable bonds is 5. The molecule has 6 heteroatoms. The predicted molar refractivity (Wildman–Crippen MR) is 103 cm³/mol. The number of benzene rings is 1. The van der Waals surface area contributed by atoms with Crippen LogP contribution in [0.4, 0.5) is 0 Å². The van der Waals surface area contributed by atoms with Crippen LogP contribution in [0, 0.1) is 0 Å². The molecule has 0 amide bonds. The molecule has 1 aromatic carbocycles. The summed E-state index contributed by atoms with van der Waals surface area (Å²) in [4.78, 5) is 10.8. The maximum absolute atomic E-state index is 5.90. The van der Waals surface area contributed by atoms with E-state index in [2.05, 4.69) is 63.2 Å². The van der Waals surface area contributed by atoms with Crippen molar-refractivity contribution in [3.05, 3.63) is 59.9 Å². The highest BCUT2D eigenvalue weighted by Crippen LogP contribution is 2.28. The molecule has 6 nitrogen and oxygen atoms in total. The Bertz CT molecular complexity index is 860. The molecule has 1 fully saturated rings. The van der Waals surface area contributed by atoms with Crippen LogP contribution < -0.4 is 0 Å². The summed E-state index contributed by atoms with van der Waals surface area (Å²) >= 11 is 0. The zero-order chi connectivity index (χ0) is 18.6. The van der Waals surface area contributed by atoms with Gasteiger partial charge in [-0.25, -0.2) is 4.98 Å². The first-order valence-corrected chi connectivity index (χ1v) is 9.60. The van der Waals surface area contributed by atoms with Crippen molar-refractivity contribution >= 4 is 0 Å². The van der Waals surface area contributed by atoms with Crippen LogP contribution in [0.2, 0.25) is 0 Å². The van der Waals surface area contributed by atoms with Gasteiger partial charge in [-0.05, 0) is 36.4 Å². The number of likely N-dealkylation sites (tertiary alicyclic amines) is 1. The Morgan fingerprint density at radius 1 is 1.15 bits per heavy atom. The van der Waals surface area contributed by atoms with Crippen LogP contribution in [0.1, 0.15) is 55.5 Å². The second kappa shape index (κ2) is 7.96.